The van der Waals surface area contributed by atoms with Crippen molar-refractivity contribution in [1.82, 2.24) is 25.4 Å². The third-order valence-electron chi connectivity index (χ3n) is 3.20. The van der Waals surface area contributed by atoms with E-state index in [2.05, 4.69) is 46.5 Å². The Morgan fingerprint density at radius 1 is 1.35 bits per heavy atom. The zero-order valence-corrected chi connectivity index (χ0v) is 14.3. The fourth-order valence-corrected chi connectivity index (χ4v) is 1.94. The number of aliphatic imine (C=N–C) groups is 1. The third-order valence-corrected chi connectivity index (χ3v) is 3.20. The maximum atomic E-state index is 5.75. The van der Waals surface area contributed by atoms with Crippen LogP contribution in [0.4, 0.5) is 0 Å². The smallest absolute Gasteiger partial charge is 0.216 e. The number of oxazole rings is 1. The molecule has 0 aliphatic heterocycles. The summed E-state index contributed by atoms with van der Waals surface area (Å²) in [5.41, 5.74) is -0.0402. The van der Waals surface area contributed by atoms with E-state index in [4.69, 9.17) is 4.42 Å². The van der Waals surface area contributed by atoms with Crippen LogP contribution in [0.3, 0.4) is 0 Å². The molecule has 2 heterocycles. The molecule has 0 unspecified atom stereocenters. The Kier molecular flexibility index (Phi) is 5.78. The van der Waals surface area contributed by atoms with Gasteiger partial charge < -0.3 is 15.1 Å². The minimum Gasteiger partial charge on any atom is -0.443 e. The maximum Gasteiger partial charge on any atom is 0.216 e. The lowest BCUT2D eigenvalue weighted by molar-refractivity contribution is 0.383. The van der Waals surface area contributed by atoms with Crippen molar-refractivity contribution in [2.24, 2.45) is 4.99 Å². The molecule has 0 atom stereocenters. The fraction of sp³-hybridized carbons (Fsp3) is 0.562. The second-order valence-corrected chi connectivity index (χ2v) is 6.26. The molecular formula is C16H26N6O. The van der Waals surface area contributed by atoms with E-state index in [1.54, 1.807) is 12.4 Å². The van der Waals surface area contributed by atoms with Gasteiger partial charge in [-0.2, -0.15) is 5.10 Å². The molecule has 23 heavy (non-hydrogen) atoms. The molecule has 126 valence electrons. The Balaban J connectivity index is 1.88. The number of hydrogen-bond donors (Lipinski definition) is 2. The first-order valence-electron chi connectivity index (χ1n) is 7.94. The molecule has 0 saturated carbocycles. The van der Waals surface area contributed by atoms with E-state index < -0.39 is 0 Å². The van der Waals surface area contributed by atoms with E-state index in [-0.39, 0.29) is 5.41 Å². The molecular weight excluding hydrogens is 292 g/mol. The van der Waals surface area contributed by atoms with Crippen LogP contribution < -0.4 is 10.6 Å². The van der Waals surface area contributed by atoms with Crippen molar-refractivity contribution in [3.63, 3.8) is 0 Å². The van der Waals surface area contributed by atoms with Crippen molar-refractivity contribution in [1.29, 1.82) is 0 Å². The van der Waals surface area contributed by atoms with Gasteiger partial charge in [0.05, 0.1) is 12.7 Å². The van der Waals surface area contributed by atoms with Gasteiger partial charge in [-0.3, -0.25) is 4.68 Å². The lowest BCUT2D eigenvalue weighted by atomic mass is 9.94. The maximum absolute atomic E-state index is 5.75. The number of nitrogens with one attached hydrogen (secondary N) is 2. The first-order chi connectivity index (χ1) is 11.0. The van der Waals surface area contributed by atoms with Crippen LogP contribution >= 0.6 is 0 Å². The third kappa shape index (κ3) is 5.43. The fourth-order valence-electron chi connectivity index (χ4n) is 1.94. The Labute approximate surface area is 137 Å². The second-order valence-electron chi connectivity index (χ2n) is 6.26. The van der Waals surface area contributed by atoms with Crippen molar-refractivity contribution in [3.8, 4) is 0 Å². The van der Waals surface area contributed by atoms with Gasteiger partial charge in [0, 0.05) is 30.9 Å². The summed E-state index contributed by atoms with van der Waals surface area (Å²) in [5, 5.41) is 10.7. The van der Waals surface area contributed by atoms with Gasteiger partial charge in [-0.15, -0.1) is 0 Å². The van der Waals surface area contributed by atoms with Gasteiger partial charge in [-0.25, -0.2) is 9.98 Å². The Bertz CT molecular complexity index is 609. The Hall–Kier alpha value is -2.31. The molecule has 0 fully saturated rings. The van der Waals surface area contributed by atoms with E-state index in [0.717, 1.165) is 31.4 Å². The summed E-state index contributed by atoms with van der Waals surface area (Å²) < 4.78 is 7.63. The van der Waals surface area contributed by atoms with E-state index in [9.17, 15) is 0 Å². The van der Waals surface area contributed by atoms with E-state index in [1.807, 2.05) is 23.9 Å². The highest BCUT2D eigenvalue weighted by Crippen LogP contribution is 2.22. The molecule has 2 rings (SSSR count). The number of aromatic nitrogens is 3. The summed E-state index contributed by atoms with van der Waals surface area (Å²) in [6.45, 7) is 11.1. The van der Waals surface area contributed by atoms with Crippen molar-refractivity contribution >= 4 is 5.96 Å². The number of guanidine groups is 1. The molecule has 0 aromatic carbocycles. The van der Waals surface area contributed by atoms with Crippen LogP contribution in [-0.2, 0) is 18.5 Å². The van der Waals surface area contributed by atoms with Gasteiger partial charge in [-0.1, -0.05) is 20.8 Å². The van der Waals surface area contributed by atoms with E-state index >= 15 is 0 Å². The molecule has 0 saturated heterocycles. The molecule has 0 aliphatic carbocycles. The molecule has 0 bridgehead atoms. The highest BCUT2D eigenvalue weighted by Gasteiger charge is 2.18. The largest absolute Gasteiger partial charge is 0.443 e. The van der Waals surface area contributed by atoms with Crippen molar-refractivity contribution in [3.05, 3.63) is 36.3 Å². The summed E-state index contributed by atoms with van der Waals surface area (Å²) in [6.07, 6.45) is 5.49. The van der Waals surface area contributed by atoms with E-state index in [0.29, 0.717) is 12.4 Å². The van der Waals surface area contributed by atoms with E-state index in [1.165, 1.54) is 0 Å². The first-order valence-corrected chi connectivity index (χ1v) is 7.94. The Morgan fingerprint density at radius 3 is 2.78 bits per heavy atom. The quantitative estimate of drug-likeness (QED) is 0.628. The van der Waals surface area contributed by atoms with Crippen LogP contribution in [0.2, 0.25) is 0 Å². The zero-order chi connectivity index (χ0) is 16.7. The predicted molar refractivity (Wildman–Crippen MR) is 90.2 cm³/mol. The SMILES string of the molecule is CCNC(=NCc1ncc(C(C)(C)C)o1)NCCn1cccn1. The number of hydrogen-bond acceptors (Lipinski definition) is 4. The summed E-state index contributed by atoms with van der Waals surface area (Å²) in [6, 6.07) is 1.91. The highest BCUT2D eigenvalue weighted by molar-refractivity contribution is 5.79. The van der Waals surface area contributed by atoms with Gasteiger partial charge >= 0.3 is 0 Å². The highest BCUT2D eigenvalue weighted by atomic mass is 16.4. The molecule has 0 radical (unpaired) electrons. The molecule has 2 aromatic rings. The van der Waals surface area contributed by atoms with Gasteiger partial charge in [0.1, 0.15) is 12.3 Å². The van der Waals surface area contributed by atoms with Crippen LogP contribution in [0, 0.1) is 0 Å². The minimum absolute atomic E-state index is 0.0402. The van der Waals surface area contributed by atoms with Crippen LogP contribution in [0.15, 0.2) is 34.1 Å². The number of nitrogens with zero attached hydrogens (tertiary/aromatic N) is 4. The normalized spacial score (nSPS) is 12.4. The first kappa shape index (κ1) is 17.1. The average molecular weight is 318 g/mol. The van der Waals surface area contributed by atoms with Crippen molar-refractivity contribution in [2.75, 3.05) is 13.1 Å². The van der Waals surface area contributed by atoms with Crippen LogP contribution in [0.25, 0.3) is 0 Å². The monoisotopic (exact) mass is 318 g/mol. The van der Waals surface area contributed by atoms with Gasteiger partial charge in [0.2, 0.25) is 5.89 Å². The Morgan fingerprint density at radius 2 is 2.17 bits per heavy atom. The second kappa shape index (κ2) is 7.80. The lowest BCUT2D eigenvalue weighted by Crippen LogP contribution is -2.38. The summed E-state index contributed by atoms with van der Waals surface area (Å²) in [5.74, 6) is 2.24. The topological polar surface area (TPSA) is 80.3 Å². The van der Waals surface area contributed by atoms with Gasteiger partial charge in [0.25, 0.3) is 0 Å². The van der Waals surface area contributed by atoms with Crippen LogP contribution in [-0.4, -0.2) is 33.8 Å². The summed E-state index contributed by atoms with van der Waals surface area (Å²) in [7, 11) is 0. The lowest BCUT2D eigenvalue weighted by Gasteiger charge is -2.13. The molecule has 7 nitrogen and oxygen atoms in total. The van der Waals surface area contributed by atoms with Crippen molar-refractivity contribution < 1.29 is 4.42 Å². The minimum atomic E-state index is -0.0402. The average Bonchev–Trinajstić information content (AvgIpc) is 3.15. The summed E-state index contributed by atoms with van der Waals surface area (Å²) in [4.78, 5) is 8.80. The molecule has 2 N–H and O–H groups in total. The van der Waals surface area contributed by atoms with Gasteiger partial charge in [0.15, 0.2) is 5.96 Å². The van der Waals surface area contributed by atoms with Crippen LogP contribution in [0.5, 0.6) is 0 Å². The zero-order valence-electron chi connectivity index (χ0n) is 14.3. The number of rotatable bonds is 6. The predicted octanol–water partition coefficient (Wildman–Crippen LogP) is 1.92. The molecule has 0 amide bonds. The standard InChI is InChI=1S/C16H26N6O/c1-5-17-15(18-8-10-22-9-6-7-21-22)20-12-14-19-11-13(23-14)16(2,3)4/h6-7,9,11H,5,8,10,12H2,1-4H3,(H2,17,18,20). The molecule has 0 spiro atoms. The van der Waals surface area contributed by atoms with Gasteiger partial charge in [-0.05, 0) is 13.0 Å². The van der Waals surface area contributed by atoms with Crippen LogP contribution in [0.1, 0.15) is 39.3 Å². The molecule has 2 aromatic heterocycles. The van der Waals surface area contributed by atoms with Crippen molar-refractivity contribution in [2.45, 2.75) is 46.2 Å². The molecule has 7 heteroatoms. The molecule has 0 aliphatic rings. The summed E-state index contributed by atoms with van der Waals surface area (Å²) >= 11 is 0.